The van der Waals surface area contributed by atoms with Gasteiger partial charge in [0, 0.05) is 0 Å². The number of unbranched alkanes of at least 4 members (excludes halogenated alkanes) is 2. The average Bonchev–Trinajstić information content (AvgIpc) is 2.52. The van der Waals surface area contributed by atoms with E-state index >= 15 is 0 Å². The van der Waals surface area contributed by atoms with Gasteiger partial charge in [0.2, 0.25) is 0 Å². The molecule has 2 saturated heterocycles. The Hall–Kier alpha value is 0.559. The molecular formula is C17H36N2O4Sn. The maximum absolute atomic E-state index is 6.27. The quantitative estimate of drug-likeness (QED) is 0.577. The monoisotopic (exact) mass is 452 g/mol. The van der Waals surface area contributed by atoms with Gasteiger partial charge in [-0.1, -0.05) is 0 Å². The summed E-state index contributed by atoms with van der Waals surface area (Å²) in [5, 5.41) is 0. The van der Waals surface area contributed by atoms with Gasteiger partial charge in [0.05, 0.1) is 0 Å². The molecule has 0 aliphatic carbocycles. The average molecular weight is 451 g/mol. The summed E-state index contributed by atoms with van der Waals surface area (Å²) in [6.45, 7) is 14.6. The van der Waals surface area contributed by atoms with E-state index in [1.165, 1.54) is 25.7 Å². The van der Waals surface area contributed by atoms with Gasteiger partial charge in [0.25, 0.3) is 0 Å². The van der Waals surface area contributed by atoms with Crippen LogP contribution in [0.3, 0.4) is 0 Å². The van der Waals surface area contributed by atoms with E-state index in [0.29, 0.717) is 19.8 Å². The first-order chi connectivity index (χ1) is 11.7. The molecular weight excluding hydrogens is 415 g/mol. The minimum absolute atomic E-state index is 0.105. The van der Waals surface area contributed by atoms with Crippen LogP contribution in [0.5, 0.6) is 0 Å². The van der Waals surface area contributed by atoms with Crippen molar-refractivity contribution < 1.29 is 12.3 Å². The maximum atomic E-state index is 6.27. The Morgan fingerprint density at radius 2 is 1.33 bits per heavy atom. The van der Waals surface area contributed by atoms with Crippen LogP contribution in [0.25, 0.3) is 0 Å². The molecule has 0 bridgehead atoms. The molecule has 0 aromatic heterocycles. The Kier molecular flexibility index (Phi) is 9.83. The van der Waals surface area contributed by atoms with Crippen molar-refractivity contribution >= 4 is 20.0 Å². The number of nitrogens with zero attached hydrogens (tertiary/aromatic N) is 2. The van der Waals surface area contributed by atoms with E-state index in [1.807, 2.05) is 0 Å². The van der Waals surface area contributed by atoms with Crippen LogP contribution in [0, 0.1) is 0 Å². The third-order valence-corrected chi connectivity index (χ3v) is 11.3. The summed E-state index contributed by atoms with van der Waals surface area (Å²) in [6.07, 6.45) is 5.00. The summed E-state index contributed by atoms with van der Waals surface area (Å²) < 4.78 is 24.6. The van der Waals surface area contributed by atoms with Gasteiger partial charge >= 0.3 is 154 Å². The van der Waals surface area contributed by atoms with Crippen molar-refractivity contribution in [1.29, 1.82) is 0 Å². The van der Waals surface area contributed by atoms with Crippen LogP contribution in [-0.2, 0) is 12.3 Å². The number of rotatable bonds is 6. The van der Waals surface area contributed by atoms with E-state index in [9.17, 15) is 0 Å². The number of hydrogen-bond donors (Lipinski definition) is 0. The van der Waals surface area contributed by atoms with Crippen molar-refractivity contribution in [3.8, 4) is 0 Å². The normalized spacial score (nSPS) is 27.4. The first-order valence-corrected chi connectivity index (χ1v) is 14.4. The second-order valence-corrected chi connectivity index (χ2v) is 12.8. The molecule has 0 aromatic carbocycles. The van der Waals surface area contributed by atoms with Crippen molar-refractivity contribution in [2.75, 3.05) is 59.1 Å². The molecule has 2 heterocycles. The van der Waals surface area contributed by atoms with Crippen LogP contribution in [0.1, 0.15) is 46.5 Å². The van der Waals surface area contributed by atoms with Crippen LogP contribution in [0.15, 0.2) is 0 Å². The Morgan fingerprint density at radius 3 is 1.88 bits per heavy atom. The van der Waals surface area contributed by atoms with Gasteiger partial charge in [-0.15, -0.1) is 0 Å². The Labute approximate surface area is 153 Å². The zero-order valence-corrected chi connectivity index (χ0v) is 18.7. The summed E-state index contributed by atoms with van der Waals surface area (Å²) in [4.78, 5) is 4.85. The zero-order chi connectivity index (χ0) is 17.3. The molecule has 7 heteroatoms. The second kappa shape index (κ2) is 11.3. The fourth-order valence-electron chi connectivity index (χ4n) is 3.17. The molecule has 1 unspecified atom stereocenters. The summed E-state index contributed by atoms with van der Waals surface area (Å²) in [6, 6.07) is 0. The van der Waals surface area contributed by atoms with Gasteiger partial charge in [-0.3, -0.25) is 0 Å². The molecule has 0 amide bonds. The molecule has 0 N–H and O–H groups in total. The topological polar surface area (TPSA) is 43.4 Å². The van der Waals surface area contributed by atoms with E-state index in [0.717, 1.165) is 39.3 Å². The fraction of sp³-hybridized carbons (Fsp3) is 1.00. The van der Waals surface area contributed by atoms with E-state index in [4.69, 9.17) is 12.3 Å². The summed E-state index contributed by atoms with van der Waals surface area (Å²) in [5.74, 6) is 0. The van der Waals surface area contributed by atoms with Crippen molar-refractivity contribution in [2.24, 2.45) is 0 Å². The molecule has 2 aliphatic rings. The second-order valence-electron chi connectivity index (χ2n) is 6.82. The molecule has 2 aliphatic heterocycles. The van der Waals surface area contributed by atoms with Gasteiger partial charge in [0.15, 0.2) is 0 Å². The van der Waals surface area contributed by atoms with E-state index in [2.05, 4.69) is 30.6 Å². The van der Waals surface area contributed by atoms with E-state index < -0.39 is 20.0 Å². The molecule has 2 fully saturated rings. The summed E-state index contributed by atoms with van der Waals surface area (Å²) >= 11 is -3.82. The van der Waals surface area contributed by atoms with Gasteiger partial charge in [-0.05, 0) is 0 Å². The van der Waals surface area contributed by atoms with Crippen LogP contribution >= 0.6 is 0 Å². The van der Waals surface area contributed by atoms with Crippen molar-refractivity contribution in [3.63, 3.8) is 0 Å². The Morgan fingerprint density at radius 1 is 0.833 bits per heavy atom. The molecule has 1 atom stereocenters. The Balaban J connectivity index is 1.84. The standard InChI is InChI=1S/C9H19NO2.C8H17NO2.Sn/c1-3-4-5-10(6-7-11)8-9(2)12;1-2-3-4-9(5-7-10)6-8-11;/h9H,3-8H2,1-2H3;2-8H2,1H3;/q2*-2;+4. The van der Waals surface area contributed by atoms with Crippen LogP contribution in [0.2, 0.25) is 0 Å². The third kappa shape index (κ3) is 7.05. The molecule has 6 nitrogen and oxygen atoms in total. The summed E-state index contributed by atoms with van der Waals surface area (Å²) in [7, 11) is 0. The van der Waals surface area contributed by atoms with Crippen LogP contribution < -0.4 is 0 Å². The zero-order valence-electron chi connectivity index (χ0n) is 15.8. The SMILES string of the molecule is CCCCN1CC[O][Sn]2([O]CC1)[O]CCN(CCCC)CC(C)[O]2. The van der Waals surface area contributed by atoms with E-state index in [-0.39, 0.29) is 6.10 Å². The van der Waals surface area contributed by atoms with Crippen LogP contribution in [-0.4, -0.2) is 95.0 Å². The van der Waals surface area contributed by atoms with Gasteiger partial charge < -0.3 is 0 Å². The molecule has 0 aromatic rings. The van der Waals surface area contributed by atoms with Crippen molar-refractivity contribution in [2.45, 2.75) is 52.6 Å². The molecule has 142 valence electrons. The van der Waals surface area contributed by atoms with Gasteiger partial charge in [-0.2, -0.15) is 0 Å². The number of hydrogen-bond acceptors (Lipinski definition) is 6. The summed E-state index contributed by atoms with van der Waals surface area (Å²) in [5.41, 5.74) is 0. The van der Waals surface area contributed by atoms with E-state index in [1.54, 1.807) is 0 Å². The van der Waals surface area contributed by atoms with Gasteiger partial charge in [0.1, 0.15) is 0 Å². The molecule has 1 spiro atoms. The predicted molar refractivity (Wildman–Crippen MR) is 96.9 cm³/mol. The first kappa shape index (κ1) is 20.9. The predicted octanol–water partition coefficient (Wildman–Crippen LogP) is 2.11. The van der Waals surface area contributed by atoms with Gasteiger partial charge in [-0.25, -0.2) is 0 Å². The molecule has 24 heavy (non-hydrogen) atoms. The van der Waals surface area contributed by atoms with Crippen molar-refractivity contribution in [3.05, 3.63) is 0 Å². The molecule has 0 saturated carbocycles. The van der Waals surface area contributed by atoms with Crippen LogP contribution in [0.4, 0.5) is 0 Å². The Bertz CT molecular complexity index is 330. The molecule has 2 rings (SSSR count). The van der Waals surface area contributed by atoms with Crippen molar-refractivity contribution in [1.82, 2.24) is 9.80 Å². The fourth-order valence-corrected chi connectivity index (χ4v) is 9.00. The first-order valence-electron chi connectivity index (χ1n) is 9.72. The molecule has 0 radical (unpaired) electrons. The third-order valence-electron chi connectivity index (χ3n) is 4.58. The minimum atomic E-state index is -3.82.